The average Bonchev–Trinajstić information content (AvgIpc) is 2.49. The second-order valence-electron chi connectivity index (χ2n) is 4.37. The van der Waals surface area contributed by atoms with E-state index in [0.717, 1.165) is 25.9 Å². The lowest BCUT2D eigenvalue weighted by atomic mass is 10.1. The lowest BCUT2D eigenvalue weighted by Crippen LogP contribution is -2.31. The van der Waals surface area contributed by atoms with E-state index < -0.39 is 0 Å². The smallest absolute Gasteiger partial charge is 0.230 e. The molecule has 104 valence electrons. The van der Waals surface area contributed by atoms with E-state index in [1.54, 1.807) is 18.5 Å². The predicted molar refractivity (Wildman–Crippen MR) is 77.1 cm³/mol. The third kappa shape index (κ3) is 3.34. The molecule has 2 aromatic rings. The molecule has 0 saturated carbocycles. The fraction of sp³-hybridized carbons (Fsp3) is 0.417. The van der Waals surface area contributed by atoms with Crippen LogP contribution >= 0.6 is 23.4 Å². The molecule has 20 heavy (non-hydrogen) atoms. The molecule has 1 fully saturated rings. The first-order valence-corrected chi connectivity index (χ1v) is 7.62. The quantitative estimate of drug-likeness (QED) is 0.807. The Bertz CT molecular complexity index is 575. The SMILES string of the molecule is Clc1nc(Sc2ncccn2)nc(N2CCCCC2)n1. The second kappa shape index (κ2) is 6.32. The summed E-state index contributed by atoms with van der Waals surface area (Å²) in [4.78, 5) is 23.2. The summed E-state index contributed by atoms with van der Waals surface area (Å²) in [6.07, 6.45) is 6.95. The number of aromatic nitrogens is 5. The van der Waals surface area contributed by atoms with Gasteiger partial charge in [-0.15, -0.1) is 0 Å². The second-order valence-corrected chi connectivity index (χ2v) is 5.64. The first-order chi connectivity index (χ1) is 9.81. The summed E-state index contributed by atoms with van der Waals surface area (Å²) in [7, 11) is 0. The van der Waals surface area contributed by atoms with Crippen molar-refractivity contribution in [1.82, 2.24) is 24.9 Å². The van der Waals surface area contributed by atoms with Gasteiger partial charge in [0.25, 0.3) is 0 Å². The van der Waals surface area contributed by atoms with E-state index in [2.05, 4.69) is 29.8 Å². The standard InChI is InChI=1S/C12H13ClN6S/c13-9-16-10(19-7-2-1-3-8-19)18-12(17-9)20-11-14-5-4-6-15-11/h4-6H,1-3,7-8H2. The minimum Gasteiger partial charge on any atom is -0.341 e. The van der Waals surface area contributed by atoms with Crippen molar-refractivity contribution in [2.75, 3.05) is 18.0 Å². The maximum atomic E-state index is 5.99. The van der Waals surface area contributed by atoms with E-state index in [0.29, 0.717) is 16.3 Å². The predicted octanol–water partition coefficient (Wildman–Crippen LogP) is 2.46. The normalized spacial score (nSPS) is 15.3. The lowest BCUT2D eigenvalue weighted by molar-refractivity contribution is 0.564. The van der Waals surface area contributed by atoms with Gasteiger partial charge in [0.05, 0.1) is 0 Å². The van der Waals surface area contributed by atoms with Crippen LogP contribution in [0.4, 0.5) is 5.95 Å². The molecule has 3 rings (SSSR count). The number of anilines is 1. The Morgan fingerprint density at radius 2 is 1.70 bits per heavy atom. The van der Waals surface area contributed by atoms with Gasteiger partial charge in [-0.05, 0) is 48.7 Å². The molecular formula is C12H13ClN6S. The largest absolute Gasteiger partial charge is 0.341 e. The Hall–Kier alpha value is -1.47. The van der Waals surface area contributed by atoms with Crippen molar-refractivity contribution in [2.45, 2.75) is 29.6 Å². The molecule has 2 aromatic heterocycles. The third-order valence-electron chi connectivity index (χ3n) is 2.94. The molecule has 0 N–H and O–H groups in total. The van der Waals surface area contributed by atoms with Gasteiger partial charge in [-0.3, -0.25) is 0 Å². The Morgan fingerprint density at radius 1 is 0.950 bits per heavy atom. The Balaban J connectivity index is 1.82. The van der Waals surface area contributed by atoms with Crippen LogP contribution < -0.4 is 4.90 Å². The summed E-state index contributed by atoms with van der Waals surface area (Å²) >= 11 is 7.28. The van der Waals surface area contributed by atoms with Crippen LogP contribution in [-0.4, -0.2) is 38.0 Å². The highest BCUT2D eigenvalue weighted by Gasteiger charge is 2.16. The number of piperidine rings is 1. The van der Waals surface area contributed by atoms with Gasteiger partial charge >= 0.3 is 0 Å². The van der Waals surface area contributed by atoms with Gasteiger partial charge in [0, 0.05) is 25.5 Å². The van der Waals surface area contributed by atoms with Gasteiger partial charge in [-0.1, -0.05) is 0 Å². The van der Waals surface area contributed by atoms with E-state index in [-0.39, 0.29) is 5.28 Å². The molecule has 0 bridgehead atoms. The summed E-state index contributed by atoms with van der Waals surface area (Å²) < 4.78 is 0. The Morgan fingerprint density at radius 3 is 2.45 bits per heavy atom. The van der Waals surface area contributed by atoms with Gasteiger partial charge < -0.3 is 4.90 Å². The van der Waals surface area contributed by atoms with E-state index in [4.69, 9.17) is 11.6 Å². The van der Waals surface area contributed by atoms with Crippen LogP contribution in [0.5, 0.6) is 0 Å². The van der Waals surface area contributed by atoms with E-state index in [1.165, 1.54) is 18.2 Å². The molecule has 0 unspecified atom stereocenters. The van der Waals surface area contributed by atoms with Crippen LogP contribution in [-0.2, 0) is 0 Å². The van der Waals surface area contributed by atoms with Crippen molar-refractivity contribution in [1.29, 1.82) is 0 Å². The number of halogens is 1. The fourth-order valence-corrected chi connectivity index (χ4v) is 2.88. The molecule has 1 aliphatic rings. The average molecular weight is 309 g/mol. The maximum Gasteiger partial charge on any atom is 0.230 e. The van der Waals surface area contributed by atoms with E-state index in [9.17, 15) is 0 Å². The van der Waals surface area contributed by atoms with Crippen LogP contribution in [0.3, 0.4) is 0 Å². The fourth-order valence-electron chi connectivity index (χ4n) is 2.02. The molecule has 0 radical (unpaired) electrons. The summed E-state index contributed by atoms with van der Waals surface area (Å²) in [6.45, 7) is 1.93. The molecular weight excluding hydrogens is 296 g/mol. The molecule has 8 heteroatoms. The van der Waals surface area contributed by atoms with E-state index in [1.807, 2.05) is 0 Å². The summed E-state index contributed by atoms with van der Waals surface area (Å²) in [5.74, 6) is 0.642. The van der Waals surface area contributed by atoms with E-state index >= 15 is 0 Å². The van der Waals surface area contributed by atoms with Gasteiger partial charge in [0.1, 0.15) is 0 Å². The first-order valence-electron chi connectivity index (χ1n) is 6.43. The van der Waals surface area contributed by atoms with Crippen LogP contribution in [0, 0.1) is 0 Å². The zero-order valence-electron chi connectivity index (χ0n) is 10.7. The number of nitrogens with zero attached hydrogens (tertiary/aromatic N) is 6. The number of hydrogen-bond donors (Lipinski definition) is 0. The van der Waals surface area contributed by atoms with Crippen molar-refractivity contribution in [3.05, 3.63) is 23.7 Å². The first kappa shape index (κ1) is 13.5. The Labute approximate surface area is 126 Å². The molecule has 0 spiro atoms. The monoisotopic (exact) mass is 308 g/mol. The van der Waals surface area contributed by atoms with Crippen LogP contribution in [0.15, 0.2) is 28.8 Å². The van der Waals surface area contributed by atoms with Gasteiger partial charge in [-0.2, -0.15) is 15.0 Å². The molecule has 0 aliphatic carbocycles. The number of rotatable bonds is 3. The van der Waals surface area contributed by atoms with Gasteiger partial charge in [0.2, 0.25) is 16.4 Å². The van der Waals surface area contributed by atoms with Gasteiger partial charge in [-0.25, -0.2) is 9.97 Å². The molecule has 1 aliphatic heterocycles. The minimum atomic E-state index is 0.207. The summed E-state index contributed by atoms with van der Waals surface area (Å²) in [6, 6.07) is 1.77. The van der Waals surface area contributed by atoms with Crippen LogP contribution in [0.2, 0.25) is 5.28 Å². The summed E-state index contributed by atoms with van der Waals surface area (Å²) in [5.41, 5.74) is 0. The van der Waals surface area contributed by atoms with Crippen LogP contribution in [0.1, 0.15) is 19.3 Å². The Kier molecular flexibility index (Phi) is 4.27. The molecule has 3 heterocycles. The van der Waals surface area contributed by atoms with Crippen molar-refractivity contribution < 1.29 is 0 Å². The van der Waals surface area contributed by atoms with Crippen molar-refractivity contribution >= 4 is 29.3 Å². The molecule has 1 saturated heterocycles. The maximum absolute atomic E-state index is 5.99. The topological polar surface area (TPSA) is 67.7 Å². The molecule has 0 aromatic carbocycles. The van der Waals surface area contributed by atoms with Crippen molar-refractivity contribution in [3.8, 4) is 0 Å². The highest BCUT2D eigenvalue weighted by Crippen LogP contribution is 2.24. The van der Waals surface area contributed by atoms with Crippen molar-refractivity contribution in [2.24, 2.45) is 0 Å². The highest BCUT2D eigenvalue weighted by atomic mass is 35.5. The minimum absolute atomic E-state index is 0.207. The number of hydrogen-bond acceptors (Lipinski definition) is 7. The summed E-state index contributed by atoms with van der Waals surface area (Å²) in [5, 5.41) is 1.33. The van der Waals surface area contributed by atoms with Crippen LogP contribution in [0.25, 0.3) is 0 Å². The molecule has 6 nitrogen and oxygen atoms in total. The zero-order chi connectivity index (χ0) is 13.8. The zero-order valence-corrected chi connectivity index (χ0v) is 12.3. The third-order valence-corrected chi connectivity index (χ3v) is 3.87. The van der Waals surface area contributed by atoms with Gasteiger partial charge in [0.15, 0.2) is 5.16 Å². The molecule has 0 amide bonds. The highest BCUT2D eigenvalue weighted by molar-refractivity contribution is 7.99. The van der Waals surface area contributed by atoms with Crippen molar-refractivity contribution in [3.63, 3.8) is 0 Å². The lowest BCUT2D eigenvalue weighted by Gasteiger charge is -2.26. The molecule has 0 atom stereocenters.